The van der Waals surface area contributed by atoms with Gasteiger partial charge in [0.05, 0.1) is 12.2 Å². The van der Waals surface area contributed by atoms with Gasteiger partial charge < -0.3 is 15.3 Å². The van der Waals surface area contributed by atoms with Crippen molar-refractivity contribution in [2.75, 3.05) is 0 Å². The highest BCUT2D eigenvalue weighted by atomic mass is 16.4. The van der Waals surface area contributed by atoms with Crippen molar-refractivity contribution in [1.29, 1.82) is 0 Å². The Morgan fingerprint density at radius 1 is 0.516 bits per heavy atom. The van der Waals surface area contributed by atoms with E-state index in [1.165, 1.54) is 77.0 Å². The maximum absolute atomic E-state index is 10.4. The molecule has 3 N–H and O–H groups in total. The molecule has 0 fully saturated rings. The van der Waals surface area contributed by atoms with Crippen molar-refractivity contribution in [2.24, 2.45) is 0 Å². The van der Waals surface area contributed by atoms with Crippen molar-refractivity contribution >= 4 is 5.97 Å². The lowest BCUT2D eigenvalue weighted by molar-refractivity contribution is -0.137. The highest BCUT2D eigenvalue weighted by molar-refractivity contribution is 5.66. The number of unbranched alkanes of at least 4 members (excludes halogenated alkanes) is 16. The fourth-order valence-electron chi connectivity index (χ4n) is 4.26. The molecule has 4 heteroatoms. The number of carboxylic acids is 1. The molecule has 0 rings (SSSR count). The minimum absolute atomic E-state index is 0.246. The Hall–Kier alpha value is -0.610. The molecule has 0 aliphatic rings. The van der Waals surface area contributed by atoms with E-state index in [2.05, 4.69) is 6.92 Å². The van der Waals surface area contributed by atoms with Crippen LogP contribution in [-0.2, 0) is 4.79 Å². The van der Waals surface area contributed by atoms with Crippen LogP contribution in [0.1, 0.15) is 155 Å². The third-order valence-electron chi connectivity index (χ3n) is 6.40. The second-order valence-electron chi connectivity index (χ2n) is 9.62. The second-order valence-corrected chi connectivity index (χ2v) is 9.62. The van der Waals surface area contributed by atoms with E-state index in [9.17, 15) is 15.0 Å². The summed E-state index contributed by atoms with van der Waals surface area (Å²) in [7, 11) is 0. The summed E-state index contributed by atoms with van der Waals surface area (Å²) in [6, 6.07) is 0. The van der Waals surface area contributed by atoms with E-state index < -0.39 is 5.97 Å². The summed E-state index contributed by atoms with van der Waals surface area (Å²) in [6.07, 6.45) is 25.0. The minimum Gasteiger partial charge on any atom is -0.481 e. The predicted octanol–water partition coefficient (Wildman–Crippen LogP) is 7.79. The molecule has 0 amide bonds. The lowest BCUT2D eigenvalue weighted by atomic mass is 9.99. The van der Waals surface area contributed by atoms with Gasteiger partial charge in [0.25, 0.3) is 0 Å². The van der Waals surface area contributed by atoms with Crippen molar-refractivity contribution in [3.05, 3.63) is 0 Å². The SMILES string of the molecule is CCCCCCCCCCCCC(O)CCC(O)CCCCCCCCCCC(=O)O. The van der Waals surface area contributed by atoms with Gasteiger partial charge in [-0.1, -0.05) is 116 Å². The van der Waals surface area contributed by atoms with E-state index in [4.69, 9.17) is 5.11 Å². The first-order valence-corrected chi connectivity index (χ1v) is 13.6. The average Bonchev–Trinajstić information content (AvgIpc) is 2.74. The Balaban J connectivity index is 3.31. The summed E-state index contributed by atoms with van der Waals surface area (Å²) in [6.45, 7) is 2.26. The second kappa shape index (κ2) is 24.0. The molecule has 0 spiro atoms. The molecule has 0 aromatic rings. The van der Waals surface area contributed by atoms with E-state index >= 15 is 0 Å². The maximum Gasteiger partial charge on any atom is 0.303 e. The van der Waals surface area contributed by atoms with Crippen LogP contribution in [-0.4, -0.2) is 33.5 Å². The average molecular weight is 443 g/mol. The van der Waals surface area contributed by atoms with E-state index in [1.54, 1.807) is 0 Å². The van der Waals surface area contributed by atoms with E-state index in [0.29, 0.717) is 6.42 Å². The lowest BCUT2D eigenvalue weighted by Gasteiger charge is -2.14. The number of rotatable bonds is 25. The van der Waals surface area contributed by atoms with Crippen LogP contribution in [0, 0.1) is 0 Å². The fraction of sp³-hybridized carbons (Fsp3) is 0.963. The monoisotopic (exact) mass is 442 g/mol. The normalized spacial score (nSPS) is 13.4. The molecule has 186 valence electrons. The van der Waals surface area contributed by atoms with Gasteiger partial charge in [0.1, 0.15) is 0 Å². The zero-order chi connectivity index (χ0) is 23.0. The summed E-state index contributed by atoms with van der Waals surface area (Å²) >= 11 is 0. The molecule has 0 saturated heterocycles. The zero-order valence-electron chi connectivity index (χ0n) is 20.7. The number of carboxylic acid groups (broad SMARTS) is 1. The van der Waals surface area contributed by atoms with E-state index in [0.717, 1.165) is 64.2 Å². The van der Waals surface area contributed by atoms with Gasteiger partial charge in [-0.25, -0.2) is 0 Å². The lowest BCUT2D eigenvalue weighted by Crippen LogP contribution is -2.13. The predicted molar refractivity (Wildman–Crippen MR) is 132 cm³/mol. The molecule has 31 heavy (non-hydrogen) atoms. The molecule has 2 atom stereocenters. The van der Waals surface area contributed by atoms with Crippen LogP contribution >= 0.6 is 0 Å². The third-order valence-corrected chi connectivity index (χ3v) is 6.40. The number of aliphatic hydroxyl groups is 2. The molecule has 0 heterocycles. The third kappa shape index (κ3) is 25.5. The molecule has 0 aliphatic heterocycles. The number of hydrogen-bond acceptors (Lipinski definition) is 3. The minimum atomic E-state index is -0.690. The topological polar surface area (TPSA) is 77.8 Å². The standard InChI is InChI=1S/C27H54O4/c1-2-3-4-5-6-7-8-11-14-17-20-25(28)23-24-26(29)21-18-15-12-9-10-13-16-19-22-27(30)31/h25-26,28-29H,2-24H2,1H3,(H,30,31). The highest BCUT2D eigenvalue weighted by Gasteiger charge is 2.09. The van der Waals surface area contributed by atoms with Gasteiger partial charge in [-0.05, 0) is 32.1 Å². The quantitative estimate of drug-likeness (QED) is 0.126. The van der Waals surface area contributed by atoms with Crippen LogP contribution in [0.3, 0.4) is 0 Å². The smallest absolute Gasteiger partial charge is 0.303 e. The number of hydrogen-bond donors (Lipinski definition) is 3. The molecular formula is C27H54O4. The summed E-state index contributed by atoms with van der Waals surface area (Å²) in [5, 5.41) is 28.9. The van der Waals surface area contributed by atoms with Crippen LogP contribution in [0.25, 0.3) is 0 Å². The zero-order valence-corrected chi connectivity index (χ0v) is 20.7. The van der Waals surface area contributed by atoms with Gasteiger partial charge in [-0.3, -0.25) is 4.79 Å². The molecule has 4 nitrogen and oxygen atoms in total. The van der Waals surface area contributed by atoms with Crippen molar-refractivity contribution < 1.29 is 20.1 Å². The van der Waals surface area contributed by atoms with Gasteiger partial charge in [0.2, 0.25) is 0 Å². The highest BCUT2D eigenvalue weighted by Crippen LogP contribution is 2.16. The Kier molecular flexibility index (Phi) is 23.6. The molecule has 2 unspecified atom stereocenters. The van der Waals surface area contributed by atoms with Crippen LogP contribution in [0.15, 0.2) is 0 Å². The molecule has 0 radical (unpaired) electrons. The maximum atomic E-state index is 10.4. The molecule has 0 aromatic heterocycles. The molecule has 0 aliphatic carbocycles. The van der Waals surface area contributed by atoms with Crippen molar-refractivity contribution in [2.45, 2.75) is 167 Å². The summed E-state index contributed by atoms with van der Waals surface area (Å²) in [5.74, 6) is -0.690. The number of carbonyl (C=O) groups is 1. The molecule has 0 saturated carbocycles. The van der Waals surface area contributed by atoms with Crippen molar-refractivity contribution in [1.82, 2.24) is 0 Å². The Bertz CT molecular complexity index is 372. The summed E-state index contributed by atoms with van der Waals surface area (Å²) < 4.78 is 0. The van der Waals surface area contributed by atoms with E-state index in [1.807, 2.05) is 0 Å². The Morgan fingerprint density at radius 3 is 1.19 bits per heavy atom. The van der Waals surface area contributed by atoms with E-state index in [-0.39, 0.29) is 12.2 Å². The first kappa shape index (κ1) is 30.4. The van der Waals surface area contributed by atoms with Crippen LogP contribution in [0.5, 0.6) is 0 Å². The van der Waals surface area contributed by atoms with Gasteiger partial charge in [-0.15, -0.1) is 0 Å². The van der Waals surface area contributed by atoms with Crippen LogP contribution in [0.4, 0.5) is 0 Å². The molecular weight excluding hydrogens is 388 g/mol. The molecule has 0 bridgehead atoms. The Morgan fingerprint density at radius 2 is 0.839 bits per heavy atom. The van der Waals surface area contributed by atoms with Gasteiger partial charge in [-0.2, -0.15) is 0 Å². The summed E-state index contributed by atoms with van der Waals surface area (Å²) in [4.78, 5) is 10.4. The first-order valence-electron chi connectivity index (χ1n) is 13.6. The van der Waals surface area contributed by atoms with Gasteiger partial charge in [0.15, 0.2) is 0 Å². The van der Waals surface area contributed by atoms with Crippen molar-refractivity contribution in [3.8, 4) is 0 Å². The Labute approximate surface area is 193 Å². The largest absolute Gasteiger partial charge is 0.481 e. The summed E-state index contributed by atoms with van der Waals surface area (Å²) in [5.41, 5.74) is 0. The number of aliphatic hydroxyl groups excluding tert-OH is 2. The number of aliphatic carboxylic acids is 1. The fourth-order valence-corrected chi connectivity index (χ4v) is 4.26. The van der Waals surface area contributed by atoms with Crippen LogP contribution < -0.4 is 0 Å². The van der Waals surface area contributed by atoms with Crippen molar-refractivity contribution in [3.63, 3.8) is 0 Å². The molecule has 0 aromatic carbocycles. The van der Waals surface area contributed by atoms with Crippen LogP contribution in [0.2, 0.25) is 0 Å². The van der Waals surface area contributed by atoms with Gasteiger partial charge >= 0.3 is 5.97 Å². The van der Waals surface area contributed by atoms with Gasteiger partial charge in [0, 0.05) is 6.42 Å². The first-order chi connectivity index (χ1) is 15.1.